The lowest BCUT2D eigenvalue weighted by molar-refractivity contribution is -0.146. The molecule has 134 valence electrons. The number of nitrogens with zero attached hydrogens (tertiary/aromatic N) is 2. The third kappa shape index (κ3) is 3.83. The first-order valence-electron chi connectivity index (χ1n) is 8.87. The van der Waals surface area contributed by atoms with Crippen LogP contribution in [0.3, 0.4) is 0 Å². The molecule has 0 atom stereocenters. The Balaban J connectivity index is 1.61. The summed E-state index contributed by atoms with van der Waals surface area (Å²) in [6, 6.07) is 7.26. The monoisotopic (exact) mass is 344 g/mol. The summed E-state index contributed by atoms with van der Waals surface area (Å²) in [7, 11) is 1.40. The number of hydrogen-bond donors (Lipinski definition) is 0. The van der Waals surface area contributed by atoms with E-state index in [2.05, 4.69) is 0 Å². The van der Waals surface area contributed by atoms with Gasteiger partial charge in [0.15, 0.2) is 0 Å². The Hall–Kier alpha value is -2.37. The van der Waals surface area contributed by atoms with Gasteiger partial charge in [0.05, 0.1) is 13.0 Å². The molecule has 2 aliphatic rings. The van der Waals surface area contributed by atoms with Crippen LogP contribution in [0.5, 0.6) is 0 Å². The van der Waals surface area contributed by atoms with Crippen molar-refractivity contribution in [2.45, 2.75) is 32.1 Å². The van der Waals surface area contributed by atoms with E-state index in [1.165, 1.54) is 7.11 Å². The van der Waals surface area contributed by atoms with E-state index >= 15 is 0 Å². The molecule has 6 heteroatoms. The fourth-order valence-corrected chi connectivity index (χ4v) is 3.53. The number of esters is 1. The molecule has 0 unspecified atom stereocenters. The Kier molecular flexibility index (Phi) is 5.36. The van der Waals surface area contributed by atoms with Gasteiger partial charge in [0, 0.05) is 37.3 Å². The number of benzene rings is 1. The van der Waals surface area contributed by atoms with E-state index < -0.39 is 0 Å². The molecule has 2 amide bonds. The van der Waals surface area contributed by atoms with Crippen molar-refractivity contribution in [1.82, 2.24) is 4.90 Å². The summed E-state index contributed by atoms with van der Waals surface area (Å²) in [6.45, 7) is 1.86. The van der Waals surface area contributed by atoms with E-state index in [1.54, 1.807) is 21.9 Å². The Labute approximate surface area is 147 Å². The summed E-state index contributed by atoms with van der Waals surface area (Å²) < 4.78 is 4.77. The zero-order valence-corrected chi connectivity index (χ0v) is 14.6. The molecule has 1 aromatic carbocycles. The third-order valence-corrected chi connectivity index (χ3v) is 5.07. The van der Waals surface area contributed by atoms with Gasteiger partial charge in [-0.1, -0.05) is 0 Å². The molecule has 3 rings (SSSR count). The standard InChI is InChI=1S/C19H24N2O4/c1-25-19(24)15-9-12-20(13-10-15)18(23)14-5-7-16(8-6-14)21-11-3-2-4-17(21)22/h5-8,15H,2-4,9-13H2,1H3. The zero-order valence-electron chi connectivity index (χ0n) is 14.6. The fourth-order valence-electron chi connectivity index (χ4n) is 3.53. The van der Waals surface area contributed by atoms with Crippen LogP contribution < -0.4 is 4.90 Å². The van der Waals surface area contributed by atoms with Crippen LogP contribution >= 0.6 is 0 Å². The topological polar surface area (TPSA) is 66.9 Å². The van der Waals surface area contributed by atoms with Crippen LogP contribution in [-0.2, 0) is 14.3 Å². The molecule has 0 bridgehead atoms. The summed E-state index contributed by atoms with van der Waals surface area (Å²) in [6.07, 6.45) is 3.84. The fraction of sp³-hybridized carbons (Fsp3) is 0.526. The average molecular weight is 344 g/mol. The predicted octanol–water partition coefficient (Wildman–Crippen LogP) is 2.23. The third-order valence-electron chi connectivity index (χ3n) is 5.07. The maximum atomic E-state index is 12.6. The molecule has 0 spiro atoms. The van der Waals surface area contributed by atoms with Gasteiger partial charge in [-0.25, -0.2) is 0 Å². The number of carbonyl (C=O) groups excluding carboxylic acids is 3. The van der Waals surface area contributed by atoms with Gasteiger partial charge in [-0.15, -0.1) is 0 Å². The molecule has 0 aromatic heterocycles. The largest absolute Gasteiger partial charge is 0.469 e. The lowest BCUT2D eigenvalue weighted by Crippen LogP contribution is -2.40. The van der Waals surface area contributed by atoms with Crippen molar-refractivity contribution in [3.8, 4) is 0 Å². The van der Waals surface area contributed by atoms with Gasteiger partial charge in [-0.05, 0) is 49.9 Å². The van der Waals surface area contributed by atoms with Crippen LogP contribution in [0.4, 0.5) is 5.69 Å². The van der Waals surface area contributed by atoms with Gasteiger partial charge in [0.2, 0.25) is 5.91 Å². The number of anilines is 1. The zero-order chi connectivity index (χ0) is 17.8. The molecule has 0 saturated carbocycles. The number of rotatable bonds is 3. The highest BCUT2D eigenvalue weighted by atomic mass is 16.5. The van der Waals surface area contributed by atoms with E-state index in [1.807, 2.05) is 12.1 Å². The summed E-state index contributed by atoms with van der Waals surface area (Å²) in [5.41, 5.74) is 1.47. The lowest BCUT2D eigenvalue weighted by atomic mass is 9.96. The van der Waals surface area contributed by atoms with E-state index in [0.717, 1.165) is 25.1 Å². The van der Waals surface area contributed by atoms with Gasteiger partial charge in [0.25, 0.3) is 5.91 Å². The highest BCUT2D eigenvalue weighted by Crippen LogP contribution is 2.23. The van der Waals surface area contributed by atoms with Crippen molar-refractivity contribution in [3.63, 3.8) is 0 Å². The number of carbonyl (C=O) groups is 3. The van der Waals surface area contributed by atoms with E-state index in [4.69, 9.17) is 4.74 Å². The number of hydrogen-bond acceptors (Lipinski definition) is 4. The average Bonchev–Trinajstić information content (AvgIpc) is 2.67. The van der Waals surface area contributed by atoms with Crippen LogP contribution in [0.1, 0.15) is 42.5 Å². The molecule has 0 radical (unpaired) electrons. The van der Waals surface area contributed by atoms with Crippen molar-refractivity contribution in [3.05, 3.63) is 29.8 Å². The van der Waals surface area contributed by atoms with Crippen LogP contribution in [0, 0.1) is 5.92 Å². The van der Waals surface area contributed by atoms with Crippen LogP contribution in [0.25, 0.3) is 0 Å². The first kappa shape index (κ1) is 17.5. The molecule has 0 aliphatic carbocycles. The van der Waals surface area contributed by atoms with E-state index in [-0.39, 0.29) is 23.7 Å². The smallest absolute Gasteiger partial charge is 0.308 e. The van der Waals surface area contributed by atoms with Gasteiger partial charge < -0.3 is 14.5 Å². The number of likely N-dealkylation sites (tertiary alicyclic amines) is 1. The number of piperidine rings is 2. The molecular formula is C19H24N2O4. The SMILES string of the molecule is COC(=O)C1CCN(C(=O)c2ccc(N3CCCCC3=O)cc2)CC1. The quantitative estimate of drug-likeness (QED) is 0.789. The van der Waals surface area contributed by atoms with E-state index in [0.29, 0.717) is 37.9 Å². The molecule has 2 fully saturated rings. The van der Waals surface area contributed by atoms with E-state index in [9.17, 15) is 14.4 Å². The Morgan fingerprint density at radius 1 is 1.04 bits per heavy atom. The first-order valence-corrected chi connectivity index (χ1v) is 8.87. The molecular weight excluding hydrogens is 320 g/mol. The maximum absolute atomic E-state index is 12.6. The number of ether oxygens (including phenoxy) is 1. The Bertz CT molecular complexity index is 648. The molecule has 2 aliphatic heterocycles. The summed E-state index contributed by atoms with van der Waals surface area (Å²) in [5.74, 6) is -0.181. The summed E-state index contributed by atoms with van der Waals surface area (Å²) in [4.78, 5) is 39.8. The van der Waals surface area contributed by atoms with Gasteiger partial charge >= 0.3 is 5.97 Å². The van der Waals surface area contributed by atoms with Gasteiger partial charge in [-0.3, -0.25) is 14.4 Å². The van der Waals surface area contributed by atoms with Crippen molar-refractivity contribution in [1.29, 1.82) is 0 Å². The molecule has 0 N–H and O–H groups in total. The maximum Gasteiger partial charge on any atom is 0.308 e. The van der Waals surface area contributed by atoms with Gasteiger partial charge in [-0.2, -0.15) is 0 Å². The lowest BCUT2D eigenvalue weighted by Gasteiger charge is -2.31. The second kappa shape index (κ2) is 7.68. The second-order valence-electron chi connectivity index (χ2n) is 6.64. The van der Waals surface area contributed by atoms with Crippen LogP contribution in [-0.4, -0.2) is 49.4 Å². The minimum absolute atomic E-state index is 0.0279. The van der Waals surface area contributed by atoms with Crippen molar-refractivity contribution >= 4 is 23.5 Å². The van der Waals surface area contributed by atoms with Crippen molar-refractivity contribution < 1.29 is 19.1 Å². The van der Waals surface area contributed by atoms with Crippen molar-refractivity contribution in [2.75, 3.05) is 31.6 Å². The highest BCUT2D eigenvalue weighted by Gasteiger charge is 2.28. The normalized spacial score (nSPS) is 19.0. The summed E-state index contributed by atoms with van der Waals surface area (Å²) >= 11 is 0. The molecule has 1 aromatic rings. The minimum Gasteiger partial charge on any atom is -0.469 e. The first-order chi connectivity index (χ1) is 12.1. The van der Waals surface area contributed by atoms with Crippen molar-refractivity contribution in [2.24, 2.45) is 5.92 Å². The Morgan fingerprint density at radius 2 is 1.72 bits per heavy atom. The summed E-state index contributed by atoms with van der Waals surface area (Å²) in [5, 5.41) is 0. The second-order valence-corrected chi connectivity index (χ2v) is 6.64. The van der Waals surface area contributed by atoms with Crippen LogP contribution in [0.2, 0.25) is 0 Å². The molecule has 25 heavy (non-hydrogen) atoms. The highest BCUT2D eigenvalue weighted by molar-refractivity contribution is 5.97. The van der Waals surface area contributed by atoms with Crippen LogP contribution in [0.15, 0.2) is 24.3 Å². The molecule has 6 nitrogen and oxygen atoms in total. The molecule has 2 heterocycles. The predicted molar refractivity (Wildman–Crippen MR) is 93.3 cm³/mol. The van der Waals surface area contributed by atoms with Gasteiger partial charge in [0.1, 0.15) is 0 Å². The Morgan fingerprint density at radius 3 is 2.32 bits per heavy atom. The molecule has 2 saturated heterocycles. The number of methoxy groups -OCH3 is 1. The minimum atomic E-state index is -0.192. The number of amides is 2.